The van der Waals surface area contributed by atoms with Crippen LogP contribution in [0.2, 0.25) is 0 Å². The van der Waals surface area contributed by atoms with Crippen LogP contribution < -0.4 is 45.3 Å². The molecule has 4 rings (SSSR count). The van der Waals surface area contributed by atoms with Crippen molar-refractivity contribution < 1.29 is 68.5 Å². The fraction of sp³-hybridized carbons (Fsp3) is 0.400. The summed E-state index contributed by atoms with van der Waals surface area (Å²) < 4.78 is 4.00. The zero-order chi connectivity index (χ0) is 28.1. The van der Waals surface area contributed by atoms with E-state index < -0.39 is 57.9 Å². The summed E-state index contributed by atoms with van der Waals surface area (Å²) in [6.07, 6.45) is 0. The second-order valence-electron chi connectivity index (χ2n) is 9.68. The number of β-lactam (4-membered cyclic amide) rings is 1. The molecule has 0 aliphatic carbocycles. The maximum absolute atomic E-state index is 13.4. The first-order valence-electron chi connectivity index (χ1n) is 11.7. The molecule has 1 aromatic heterocycles. The Morgan fingerprint density at radius 1 is 1.18 bits per heavy atom. The van der Waals surface area contributed by atoms with Gasteiger partial charge in [-0.1, -0.05) is 24.3 Å². The van der Waals surface area contributed by atoms with Gasteiger partial charge in [0.05, 0.1) is 12.7 Å². The van der Waals surface area contributed by atoms with Crippen molar-refractivity contribution >= 4 is 41.4 Å². The summed E-state index contributed by atoms with van der Waals surface area (Å²) in [7, 11) is 1.22. The van der Waals surface area contributed by atoms with Gasteiger partial charge in [0, 0.05) is 10.4 Å². The number of H-pyrrole nitrogens is 1. The van der Waals surface area contributed by atoms with E-state index in [1.54, 1.807) is 27.7 Å². The molecule has 12 nitrogen and oxygen atoms in total. The van der Waals surface area contributed by atoms with Gasteiger partial charge in [-0.05, 0) is 38.8 Å². The largest absolute Gasteiger partial charge is 1.00 e. The van der Waals surface area contributed by atoms with Crippen molar-refractivity contribution in [3.8, 4) is 5.75 Å². The van der Waals surface area contributed by atoms with E-state index in [2.05, 4.69) is 15.6 Å². The number of aliphatic carboxylic acids is 1. The quantitative estimate of drug-likeness (QED) is 0.161. The molecular weight excluding hydrogens is 539 g/mol. The van der Waals surface area contributed by atoms with Crippen LogP contribution in [0, 0.1) is 13.8 Å². The molecule has 14 heteroatoms. The van der Waals surface area contributed by atoms with E-state index in [0.717, 1.165) is 0 Å². The van der Waals surface area contributed by atoms with Crippen LogP contribution in [0.1, 0.15) is 57.6 Å². The van der Waals surface area contributed by atoms with Crippen LogP contribution in [0.4, 0.5) is 0 Å². The molecule has 39 heavy (non-hydrogen) atoms. The van der Waals surface area contributed by atoms with E-state index in [1.165, 1.54) is 48.0 Å². The SMILES string of the molecule is COC(=O)c1c(C)[nH]c(C(=O)NC(C(=O)N[C@@H]2C(=O)N3[C@@H]2SC(C)(C)[C@@H]3C(=O)O)c2ccc([O-])cc2)c1C.[Na+]. The fourth-order valence-electron chi connectivity index (χ4n) is 4.93. The number of benzene rings is 1. The van der Waals surface area contributed by atoms with Gasteiger partial charge in [0.1, 0.15) is 29.2 Å². The minimum Gasteiger partial charge on any atom is -0.872 e. The minimum atomic E-state index is -1.30. The molecule has 3 amide bonds. The first-order chi connectivity index (χ1) is 17.8. The predicted octanol–water partition coefficient (Wildman–Crippen LogP) is -2.40. The van der Waals surface area contributed by atoms with Crippen molar-refractivity contribution in [1.29, 1.82) is 0 Å². The van der Waals surface area contributed by atoms with Crippen molar-refractivity contribution in [2.75, 3.05) is 7.11 Å². The number of esters is 1. The van der Waals surface area contributed by atoms with Gasteiger partial charge in [-0.15, -0.1) is 17.5 Å². The number of hydrogen-bond acceptors (Lipinski definition) is 8. The number of ether oxygens (including phenoxy) is 1. The van der Waals surface area contributed by atoms with E-state index in [0.29, 0.717) is 11.3 Å². The molecule has 2 fully saturated rings. The van der Waals surface area contributed by atoms with Crippen LogP contribution in [-0.4, -0.2) is 74.0 Å². The number of amides is 3. The number of fused-ring (bicyclic) bond motifs is 1. The van der Waals surface area contributed by atoms with Gasteiger partial charge in [-0.3, -0.25) is 14.4 Å². The maximum atomic E-state index is 13.4. The monoisotopic (exact) mass is 566 g/mol. The Balaban J connectivity index is 0.00000420. The van der Waals surface area contributed by atoms with Gasteiger partial charge in [-0.2, -0.15) is 0 Å². The maximum Gasteiger partial charge on any atom is 1.00 e. The zero-order valence-electron chi connectivity index (χ0n) is 22.3. The van der Waals surface area contributed by atoms with Crippen LogP contribution in [0.3, 0.4) is 0 Å². The molecule has 2 aliphatic rings. The Labute approximate surface area is 250 Å². The number of aryl methyl sites for hydroxylation is 1. The Hall–Kier alpha value is -3.00. The Morgan fingerprint density at radius 3 is 2.36 bits per heavy atom. The van der Waals surface area contributed by atoms with Gasteiger partial charge in [-0.25, -0.2) is 9.59 Å². The second-order valence-corrected chi connectivity index (χ2v) is 11.4. The molecular formula is C25H27N4NaO8S. The number of methoxy groups -OCH3 is 1. The minimum absolute atomic E-state index is 0. The number of carboxylic acid groups (broad SMARTS) is 1. The first-order valence-corrected chi connectivity index (χ1v) is 12.5. The third-order valence-corrected chi connectivity index (χ3v) is 8.35. The molecule has 2 saturated heterocycles. The summed E-state index contributed by atoms with van der Waals surface area (Å²) in [6.45, 7) is 6.60. The van der Waals surface area contributed by atoms with E-state index in [1.807, 2.05) is 0 Å². The van der Waals surface area contributed by atoms with Crippen LogP contribution >= 0.6 is 11.8 Å². The molecule has 202 valence electrons. The number of carbonyl (C=O) groups excluding carboxylic acids is 4. The van der Waals surface area contributed by atoms with Gasteiger partial charge in [0.2, 0.25) is 11.8 Å². The van der Waals surface area contributed by atoms with Crippen molar-refractivity contribution in [3.63, 3.8) is 0 Å². The normalized spacial score (nSPS) is 21.6. The Bertz CT molecular complexity index is 1340. The molecule has 0 radical (unpaired) electrons. The summed E-state index contributed by atoms with van der Waals surface area (Å²) in [4.78, 5) is 67.5. The standard InChI is InChI=1S/C25H28N4O8S.Na/c1-10-14(24(36)37-5)11(2)26-15(10)19(31)27-16(12-6-8-13(30)9-7-12)20(32)28-17-21(33)29-18(23(34)35)25(3,4)38-22(17)29;/h6-9,16-18,22,26,30H,1-5H3,(H,27,31)(H,28,32)(H,34,35);/q;+1/p-1/t16?,17-,18+,22-;/m1./s1. The van der Waals surface area contributed by atoms with Gasteiger partial charge in [0.25, 0.3) is 5.91 Å². The molecule has 1 unspecified atom stereocenters. The summed E-state index contributed by atoms with van der Waals surface area (Å²) >= 11 is 1.27. The summed E-state index contributed by atoms with van der Waals surface area (Å²) in [6, 6.07) is 1.93. The van der Waals surface area contributed by atoms with Crippen LogP contribution in [0.25, 0.3) is 0 Å². The molecule has 2 aromatic rings. The predicted molar refractivity (Wildman–Crippen MR) is 133 cm³/mol. The van der Waals surface area contributed by atoms with Crippen LogP contribution in [0.5, 0.6) is 5.75 Å². The third-order valence-electron chi connectivity index (χ3n) is 6.78. The Morgan fingerprint density at radius 2 is 1.79 bits per heavy atom. The van der Waals surface area contributed by atoms with E-state index in [-0.39, 0.29) is 52.1 Å². The van der Waals surface area contributed by atoms with E-state index in [9.17, 15) is 34.2 Å². The summed E-state index contributed by atoms with van der Waals surface area (Å²) in [5.41, 5.74) is 1.27. The third kappa shape index (κ3) is 5.40. The molecule has 0 saturated carbocycles. The summed E-state index contributed by atoms with van der Waals surface area (Å²) in [5, 5.41) is 25.9. The molecule has 1 aromatic carbocycles. The second kappa shape index (κ2) is 11.2. The molecule has 4 N–H and O–H groups in total. The number of aromatic amines is 1. The number of carbonyl (C=O) groups is 5. The Kier molecular flexibility index (Phi) is 8.80. The smallest absolute Gasteiger partial charge is 0.872 e. The number of nitrogens with one attached hydrogen (secondary N) is 3. The molecule has 0 spiro atoms. The number of carboxylic acids is 1. The van der Waals surface area contributed by atoms with Crippen LogP contribution in [0.15, 0.2) is 24.3 Å². The molecule has 0 bridgehead atoms. The molecule has 2 aliphatic heterocycles. The number of hydrogen-bond donors (Lipinski definition) is 4. The topological polar surface area (TPSA) is 181 Å². The van der Waals surface area contributed by atoms with Gasteiger partial charge in [0.15, 0.2) is 0 Å². The van der Waals surface area contributed by atoms with Crippen molar-refractivity contribution in [3.05, 3.63) is 52.3 Å². The van der Waals surface area contributed by atoms with Crippen molar-refractivity contribution in [2.24, 2.45) is 0 Å². The number of aromatic nitrogens is 1. The van der Waals surface area contributed by atoms with Gasteiger partial charge >= 0.3 is 41.5 Å². The number of rotatable bonds is 7. The van der Waals surface area contributed by atoms with Crippen molar-refractivity contribution in [1.82, 2.24) is 20.5 Å². The van der Waals surface area contributed by atoms with Crippen molar-refractivity contribution in [2.45, 2.75) is 55.9 Å². The van der Waals surface area contributed by atoms with Gasteiger partial charge < -0.3 is 35.5 Å². The first kappa shape index (κ1) is 30.5. The fourth-order valence-corrected chi connectivity index (χ4v) is 6.56. The average molecular weight is 567 g/mol. The summed E-state index contributed by atoms with van der Waals surface area (Å²) in [5.74, 6) is -4.01. The average Bonchev–Trinajstić information content (AvgIpc) is 3.30. The number of thioether (sulfide) groups is 1. The van der Waals surface area contributed by atoms with E-state index in [4.69, 9.17) is 4.74 Å². The zero-order valence-corrected chi connectivity index (χ0v) is 25.1. The van der Waals surface area contributed by atoms with E-state index >= 15 is 0 Å². The molecule has 4 atom stereocenters. The number of nitrogens with zero attached hydrogens (tertiary/aromatic N) is 1. The van der Waals surface area contributed by atoms with Crippen LogP contribution in [-0.2, 0) is 19.1 Å². The molecule has 3 heterocycles.